The zero-order chi connectivity index (χ0) is 15.0. The van der Waals surface area contributed by atoms with Crippen LogP contribution in [0.2, 0.25) is 0 Å². The zero-order valence-electron chi connectivity index (χ0n) is 11.6. The fourth-order valence-electron chi connectivity index (χ4n) is 3.74. The molecule has 0 aromatic carbocycles. The number of likely N-dealkylation sites (tertiary alicyclic amines) is 1. The molecule has 2 heterocycles. The Hall–Kier alpha value is -0.630. The topological polar surface area (TPSA) is 57.6 Å². The molecule has 21 heavy (non-hydrogen) atoms. The van der Waals surface area contributed by atoms with E-state index in [4.69, 9.17) is 0 Å². The molecule has 1 saturated carbocycles. The molecule has 3 rings (SSSR count). The van der Waals surface area contributed by atoms with Gasteiger partial charge in [-0.2, -0.15) is 0 Å². The first-order valence-corrected chi connectivity index (χ1v) is 9.33. The summed E-state index contributed by atoms with van der Waals surface area (Å²) in [5.41, 5.74) is 0.641. The van der Waals surface area contributed by atoms with E-state index in [1.54, 1.807) is 4.90 Å². The van der Waals surface area contributed by atoms with Crippen LogP contribution < -0.4 is 0 Å². The largest absolute Gasteiger partial charge is 0.480 e. The normalized spacial score (nSPS) is 29.0. The minimum Gasteiger partial charge on any atom is -0.480 e. The minimum atomic E-state index is -0.864. The highest BCUT2D eigenvalue weighted by atomic mass is 127. The molecule has 1 aliphatic carbocycles. The van der Waals surface area contributed by atoms with E-state index in [-0.39, 0.29) is 11.9 Å². The number of hydrogen-bond acceptors (Lipinski definition) is 3. The number of carboxylic acid groups (broad SMARTS) is 1. The van der Waals surface area contributed by atoms with E-state index in [1.165, 1.54) is 17.8 Å². The SMILES string of the molecule is O=C(O)C1CCC2CCCCC2N1C(=O)c1csc(I)c1. The van der Waals surface area contributed by atoms with Gasteiger partial charge in [0.15, 0.2) is 0 Å². The van der Waals surface area contributed by atoms with E-state index in [0.29, 0.717) is 17.9 Å². The molecule has 1 aromatic heterocycles. The van der Waals surface area contributed by atoms with Crippen LogP contribution in [0.15, 0.2) is 11.4 Å². The Bertz CT molecular complexity index is 559. The molecule has 4 nitrogen and oxygen atoms in total. The van der Waals surface area contributed by atoms with Gasteiger partial charge in [-0.1, -0.05) is 12.8 Å². The average Bonchev–Trinajstić information content (AvgIpc) is 2.91. The smallest absolute Gasteiger partial charge is 0.326 e. The number of halogens is 1. The number of fused-ring (bicyclic) bond motifs is 1. The number of carboxylic acids is 1. The summed E-state index contributed by atoms with van der Waals surface area (Å²) in [7, 11) is 0. The van der Waals surface area contributed by atoms with Gasteiger partial charge in [-0.3, -0.25) is 4.79 Å². The number of hydrogen-bond donors (Lipinski definition) is 1. The monoisotopic (exact) mass is 419 g/mol. The molecule has 1 N–H and O–H groups in total. The minimum absolute atomic E-state index is 0.0989. The summed E-state index contributed by atoms with van der Waals surface area (Å²) >= 11 is 3.72. The molecule has 3 atom stereocenters. The van der Waals surface area contributed by atoms with Crippen LogP contribution >= 0.6 is 33.9 Å². The van der Waals surface area contributed by atoms with Crippen LogP contribution in [0.4, 0.5) is 0 Å². The van der Waals surface area contributed by atoms with Crippen molar-refractivity contribution in [2.24, 2.45) is 5.92 Å². The number of nitrogens with zero attached hydrogens (tertiary/aromatic N) is 1. The highest BCUT2D eigenvalue weighted by Crippen LogP contribution is 2.39. The highest BCUT2D eigenvalue weighted by molar-refractivity contribution is 14.1. The second kappa shape index (κ2) is 6.24. The van der Waals surface area contributed by atoms with E-state index in [9.17, 15) is 14.7 Å². The van der Waals surface area contributed by atoms with Crippen molar-refractivity contribution in [3.8, 4) is 0 Å². The summed E-state index contributed by atoms with van der Waals surface area (Å²) in [5.74, 6) is -0.480. The third-order valence-corrected chi connectivity index (χ3v) is 6.50. The van der Waals surface area contributed by atoms with Crippen LogP contribution in [0.25, 0.3) is 0 Å². The second-order valence-corrected chi connectivity index (χ2v) is 8.70. The van der Waals surface area contributed by atoms with Gasteiger partial charge in [0.25, 0.3) is 5.91 Å². The number of rotatable bonds is 2. The molecular weight excluding hydrogens is 401 g/mol. The number of piperidine rings is 1. The first-order valence-electron chi connectivity index (χ1n) is 7.37. The van der Waals surface area contributed by atoms with Crippen molar-refractivity contribution >= 4 is 45.8 Å². The van der Waals surface area contributed by atoms with Crippen molar-refractivity contribution in [1.29, 1.82) is 0 Å². The van der Waals surface area contributed by atoms with Crippen LogP contribution in [-0.4, -0.2) is 34.0 Å². The Kier molecular flexibility index (Phi) is 4.54. The first kappa shape index (κ1) is 15.3. The van der Waals surface area contributed by atoms with Crippen molar-refractivity contribution in [3.05, 3.63) is 19.9 Å². The highest BCUT2D eigenvalue weighted by Gasteiger charge is 2.44. The van der Waals surface area contributed by atoms with Crippen molar-refractivity contribution in [1.82, 2.24) is 4.90 Å². The lowest BCUT2D eigenvalue weighted by Gasteiger charge is -2.47. The second-order valence-electron chi connectivity index (χ2n) is 5.90. The lowest BCUT2D eigenvalue weighted by molar-refractivity contribution is -0.146. The van der Waals surface area contributed by atoms with Crippen LogP contribution in [0, 0.1) is 8.80 Å². The maximum absolute atomic E-state index is 12.8. The van der Waals surface area contributed by atoms with E-state index in [2.05, 4.69) is 22.6 Å². The lowest BCUT2D eigenvalue weighted by atomic mass is 9.76. The predicted molar refractivity (Wildman–Crippen MR) is 89.6 cm³/mol. The number of thiophene rings is 1. The molecule has 1 saturated heterocycles. The Morgan fingerprint density at radius 1 is 1.24 bits per heavy atom. The molecular formula is C15H18INO3S. The summed E-state index contributed by atoms with van der Waals surface area (Å²) in [5, 5.41) is 11.3. The number of amides is 1. The third-order valence-electron chi connectivity index (χ3n) is 4.71. The van der Waals surface area contributed by atoms with E-state index < -0.39 is 12.0 Å². The van der Waals surface area contributed by atoms with Gasteiger partial charge < -0.3 is 10.0 Å². The van der Waals surface area contributed by atoms with Crippen LogP contribution in [0.3, 0.4) is 0 Å². The standard InChI is InChI=1S/C15H18INO3S/c16-13-7-10(8-21-13)14(18)17-11-4-2-1-3-9(11)5-6-12(17)15(19)20/h7-9,11-12H,1-6H2,(H,19,20). The lowest BCUT2D eigenvalue weighted by Crippen LogP contribution is -2.57. The summed E-state index contributed by atoms with van der Waals surface area (Å²) < 4.78 is 1.06. The maximum Gasteiger partial charge on any atom is 0.326 e. The van der Waals surface area contributed by atoms with Gasteiger partial charge in [-0.25, -0.2) is 4.79 Å². The number of carbonyl (C=O) groups excluding carboxylic acids is 1. The molecule has 2 aliphatic rings. The summed E-state index contributed by atoms with van der Waals surface area (Å²) in [4.78, 5) is 26.1. The van der Waals surface area contributed by atoms with Crippen LogP contribution in [0.1, 0.15) is 48.9 Å². The predicted octanol–water partition coefficient (Wildman–Crippen LogP) is 3.60. The van der Waals surface area contributed by atoms with Gasteiger partial charge in [0.2, 0.25) is 0 Å². The number of carbonyl (C=O) groups is 2. The van der Waals surface area contributed by atoms with Gasteiger partial charge in [-0.05, 0) is 60.3 Å². The fraction of sp³-hybridized carbons (Fsp3) is 0.600. The molecule has 1 amide bonds. The fourth-order valence-corrected chi connectivity index (χ4v) is 5.06. The van der Waals surface area contributed by atoms with E-state index >= 15 is 0 Å². The van der Waals surface area contributed by atoms with Crippen molar-refractivity contribution in [3.63, 3.8) is 0 Å². The summed E-state index contributed by atoms with van der Waals surface area (Å²) in [6.45, 7) is 0. The maximum atomic E-state index is 12.8. The summed E-state index contributed by atoms with van der Waals surface area (Å²) in [6.07, 6.45) is 5.90. The molecule has 3 unspecified atom stereocenters. The first-order chi connectivity index (χ1) is 10.1. The Morgan fingerprint density at radius 2 is 2.00 bits per heavy atom. The molecule has 6 heteroatoms. The van der Waals surface area contributed by atoms with Crippen LogP contribution in [0.5, 0.6) is 0 Å². The Balaban J connectivity index is 1.92. The molecule has 1 aromatic rings. The van der Waals surface area contributed by atoms with E-state index in [0.717, 1.165) is 28.6 Å². The third kappa shape index (κ3) is 2.97. The van der Waals surface area contributed by atoms with Gasteiger partial charge >= 0.3 is 5.97 Å². The van der Waals surface area contributed by atoms with Gasteiger partial charge in [0.1, 0.15) is 6.04 Å². The molecule has 1 aliphatic heterocycles. The summed E-state index contributed by atoms with van der Waals surface area (Å²) in [6, 6.07) is 1.31. The molecule has 0 radical (unpaired) electrons. The Labute approximate surface area is 141 Å². The van der Waals surface area contributed by atoms with Crippen molar-refractivity contribution in [2.45, 2.75) is 50.6 Å². The average molecular weight is 419 g/mol. The van der Waals surface area contributed by atoms with Gasteiger partial charge in [0, 0.05) is 11.4 Å². The van der Waals surface area contributed by atoms with Gasteiger partial charge in [-0.15, -0.1) is 11.3 Å². The van der Waals surface area contributed by atoms with Crippen molar-refractivity contribution in [2.75, 3.05) is 0 Å². The molecule has 0 bridgehead atoms. The Morgan fingerprint density at radius 3 is 2.67 bits per heavy atom. The number of aliphatic carboxylic acids is 1. The zero-order valence-corrected chi connectivity index (χ0v) is 14.6. The van der Waals surface area contributed by atoms with Crippen molar-refractivity contribution < 1.29 is 14.7 Å². The quantitative estimate of drug-likeness (QED) is 0.746. The molecule has 0 spiro atoms. The van der Waals surface area contributed by atoms with Gasteiger partial charge in [0.05, 0.1) is 8.45 Å². The molecule has 114 valence electrons. The molecule has 2 fully saturated rings. The van der Waals surface area contributed by atoms with Crippen LogP contribution in [-0.2, 0) is 4.79 Å². The van der Waals surface area contributed by atoms with E-state index in [1.807, 2.05) is 11.4 Å².